The maximum Gasteiger partial charge on any atom is 0.248 e. The van der Waals surface area contributed by atoms with Gasteiger partial charge in [-0.25, -0.2) is 9.97 Å². The molecule has 0 unspecified atom stereocenters. The molecule has 6 nitrogen and oxygen atoms in total. The van der Waals surface area contributed by atoms with Crippen LogP contribution in [0.2, 0.25) is 0 Å². The average Bonchev–Trinajstić information content (AvgIpc) is 2.94. The topological polar surface area (TPSA) is 92.3 Å². The Morgan fingerprint density at radius 3 is 2.67 bits per heavy atom. The number of nitrogens with zero attached hydrogens (tertiary/aromatic N) is 3. The van der Waals surface area contributed by atoms with Gasteiger partial charge in [0.25, 0.3) is 0 Å². The van der Waals surface area contributed by atoms with E-state index in [0.29, 0.717) is 17.9 Å². The highest BCUT2D eigenvalue weighted by atomic mass is 16.3. The van der Waals surface area contributed by atoms with E-state index in [1.54, 1.807) is 30.5 Å². The van der Waals surface area contributed by atoms with Crippen LogP contribution in [0.3, 0.4) is 0 Å². The van der Waals surface area contributed by atoms with Gasteiger partial charge in [-0.1, -0.05) is 12.1 Å². The van der Waals surface area contributed by atoms with Crippen LogP contribution in [0, 0.1) is 0 Å². The van der Waals surface area contributed by atoms with Crippen molar-refractivity contribution in [1.29, 1.82) is 0 Å². The Bertz CT molecular complexity index is 657. The molecule has 21 heavy (non-hydrogen) atoms. The van der Waals surface area contributed by atoms with Crippen molar-refractivity contribution in [2.75, 3.05) is 18.0 Å². The summed E-state index contributed by atoms with van der Waals surface area (Å²) >= 11 is 0. The van der Waals surface area contributed by atoms with Crippen molar-refractivity contribution in [3.05, 3.63) is 42.1 Å². The molecule has 1 aromatic carbocycles. The van der Waals surface area contributed by atoms with Crippen molar-refractivity contribution in [3.63, 3.8) is 0 Å². The number of carbonyl (C=O) groups is 1. The molecule has 3 N–H and O–H groups in total. The minimum atomic E-state index is -0.456. The third-order valence-electron chi connectivity index (χ3n) is 3.56. The quantitative estimate of drug-likeness (QED) is 0.870. The lowest BCUT2D eigenvalue weighted by molar-refractivity contribution is 0.100. The third kappa shape index (κ3) is 2.85. The first-order valence-electron chi connectivity index (χ1n) is 6.80. The highest BCUT2D eigenvalue weighted by Gasteiger charge is 2.21. The van der Waals surface area contributed by atoms with E-state index in [2.05, 4.69) is 9.97 Å². The Balaban J connectivity index is 1.87. The molecular weight excluding hydrogens is 268 g/mol. The summed E-state index contributed by atoms with van der Waals surface area (Å²) in [5, 5.41) is 9.60. The van der Waals surface area contributed by atoms with Crippen LogP contribution in [-0.2, 0) is 0 Å². The van der Waals surface area contributed by atoms with E-state index in [1.807, 2.05) is 11.0 Å². The third-order valence-corrected chi connectivity index (χ3v) is 3.56. The Morgan fingerprint density at radius 2 is 2.05 bits per heavy atom. The monoisotopic (exact) mass is 284 g/mol. The highest BCUT2D eigenvalue weighted by Crippen LogP contribution is 2.21. The Labute approximate surface area is 122 Å². The Hall–Kier alpha value is -2.47. The van der Waals surface area contributed by atoms with Crippen LogP contribution in [0.5, 0.6) is 0 Å². The molecule has 6 heteroatoms. The largest absolute Gasteiger partial charge is 0.391 e. The number of hydrogen-bond acceptors (Lipinski definition) is 5. The second-order valence-electron chi connectivity index (χ2n) is 5.07. The first-order valence-corrected chi connectivity index (χ1v) is 6.80. The minimum absolute atomic E-state index is 0.293. The van der Waals surface area contributed by atoms with Gasteiger partial charge in [0.15, 0.2) is 5.82 Å². The molecule has 2 aromatic rings. The number of aliphatic hydroxyl groups is 1. The summed E-state index contributed by atoms with van der Waals surface area (Å²) in [5.74, 6) is 0.933. The lowest BCUT2D eigenvalue weighted by Gasteiger charge is -2.16. The number of benzene rings is 1. The number of aliphatic hydroxyl groups excluding tert-OH is 1. The SMILES string of the molecule is NC(=O)c1ccc(-c2nccc(N3CC[C@@H](O)C3)n2)cc1. The molecule has 0 radical (unpaired) electrons. The van der Waals surface area contributed by atoms with E-state index in [0.717, 1.165) is 24.3 Å². The van der Waals surface area contributed by atoms with E-state index in [-0.39, 0.29) is 6.10 Å². The van der Waals surface area contributed by atoms with Crippen LogP contribution in [0.1, 0.15) is 16.8 Å². The van der Waals surface area contributed by atoms with Gasteiger partial charge in [0.05, 0.1) is 6.10 Å². The number of amides is 1. The smallest absolute Gasteiger partial charge is 0.248 e. The van der Waals surface area contributed by atoms with Gasteiger partial charge in [0.1, 0.15) is 5.82 Å². The summed E-state index contributed by atoms with van der Waals surface area (Å²) in [5.41, 5.74) is 6.50. The predicted octanol–water partition coefficient (Wildman–Crippen LogP) is 0.813. The van der Waals surface area contributed by atoms with Gasteiger partial charge < -0.3 is 15.7 Å². The first kappa shape index (κ1) is 13.5. The fourth-order valence-corrected chi connectivity index (χ4v) is 2.40. The molecule has 1 saturated heterocycles. The summed E-state index contributed by atoms with van der Waals surface area (Å²) in [4.78, 5) is 21.9. The van der Waals surface area contributed by atoms with Crippen molar-refractivity contribution < 1.29 is 9.90 Å². The predicted molar refractivity (Wildman–Crippen MR) is 78.8 cm³/mol. The van der Waals surface area contributed by atoms with Gasteiger partial charge in [-0.15, -0.1) is 0 Å². The standard InChI is InChI=1S/C15H16N4O2/c16-14(21)10-1-3-11(4-2-10)15-17-7-5-13(18-15)19-8-6-12(20)9-19/h1-5,7,12,20H,6,8-9H2,(H2,16,21)/t12-/m1/s1. The molecule has 0 spiro atoms. The van der Waals surface area contributed by atoms with Gasteiger partial charge in [-0.3, -0.25) is 4.79 Å². The highest BCUT2D eigenvalue weighted by molar-refractivity contribution is 5.93. The van der Waals surface area contributed by atoms with Crippen molar-refractivity contribution >= 4 is 11.7 Å². The number of primary amides is 1. The number of anilines is 1. The molecule has 0 aliphatic carbocycles. The summed E-state index contributed by atoms with van der Waals surface area (Å²) in [6.07, 6.45) is 2.16. The first-order chi connectivity index (χ1) is 10.1. The molecule has 1 aliphatic rings. The van der Waals surface area contributed by atoms with Crippen LogP contribution < -0.4 is 10.6 Å². The molecule has 0 saturated carbocycles. The van der Waals surface area contributed by atoms with Crippen LogP contribution in [-0.4, -0.2) is 40.2 Å². The summed E-state index contributed by atoms with van der Waals surface area (Å²) < 4.78 is 0. The van der Waals surface area contributed by atoms with Crippen molar-refractivity contribution in [3.8, 4) is 11.4 Å². The van der Waals surface area contributed by atoms with Gasteiger partial charge in [0.2, 0.25) is 5.91 Å². The minimum Gasteiger partial charge on any atom is -0.391 e. The zero-order valence-corrected chi connectivity index (χ0v) is 11.4. The number of β-amino-alcohol motifs (C(OH)–C–C–N with tert-alkyl or cyclic N) is 1. The number of hydrogen-bond donors (Lipinski definition) is 2. The van der Waals surface area contributed by atoms with Crippen LogP contribution in [0.15, 0.2) is 36.5 Å². The van der Waals surface area contributed by atoms with Gasteiger partial charge >= 0.3 is 0 Å². The zero-order valence-electron chi connectivity index (χ0n) is 11.4. The fraction of sp³-hybridized carbons (Fsp3) is 0.267. The lowest BCUT2D eigenvalue weighted by Crippen LogP contribution is -2.22. The summed E-state index contributed by atoms with van der Waals surface area (Å²) in [6, 6.07) is 8.70. The molecule has 1 fully saturated rings. The second kappa shape index (κ2) is 5.49. The molecule has 2 heterocycles. The van der Waals surface area contributed by atoms with Crippen LogP contribution >= 0.6 is 0 Å². The molecular formula is C15H16N4O2. The zero-order chi connectivity index (χ0) is 14.8. The molecule has 108 valence electrons. The normalized spacial score (nSPS) is 18.0. The van der Waals surface area contributed by atoms with Crippen molar-refractivity contribution in [1.82, 2.24) is 9.97 Å². The van der Waals surface area contributed by atoms with Crippen LogP contribution in [0.4, 0.5) is 5.82 Å². The van der Waals surface area contributed by atoms with Crippen LogP contribution in [0.25, 0.3) is 11.4 Å². The molecule has 1 atom stereocenters. The summed E-state index contributed by atoms with van der Waals surface area (Å²) in [6.45, 7) is 1.38. The van der Waals surface area contributed by atoms with Crippen molar-refractivity contribution in [2.24, 2.45) is 5.73 Å². The van der Waals surface area contributed by atoms with E-state index in [9.17, 15) is 9.90 Å². The molecule has 1 aliphatic heterocycles. The van der Waals surface area contributed by atoms with E-state index in [1.165, 1.54) is 0 Å². The maximum absolute atomic E-state index is 11.1. The van der Waals surface area contributed by atoms with Gasteiger partial charge in [-0.2, -0.15) is 0 Å². The molecule has 3 rings (SSSR count). The fourth-order valence-electron chi connectivity index (χ4n) is 2.40. The average molecular weight is 284 g/mol. The van der Waals surface area contributed by atoms with Crippen molar-refractivity contribution in [2.45, 2.75) is 12.5 Å². The van der Waals surface area contributed by atoms with E-state index < -0.39 is 5.91 Å². The lowest BCUT2D eigenvalue weighted by atomic mass is 10.1. The summed E-state index contributed by atoms with van der Waals surface area (Å²) in [7, 11) is 0. The number of rotatable bonds is 3. The molecule has 1 aromatic heterocycles. The Morgan fingerprint density at radius 1 is 1.29 bits per heavy atom. The van der Waals surface area contributed by atoms with Gasteiger partial charge in [0, 0.05) is 30.4 Å². The van der Waals surface area contributed by atoms with E-state index in [4.69, 9.17) is 5.73 Å². The number of nitrogens with two attached hydrogens (primary N) is 1. The maximum atomic E-state index is 11.1. The number of aromatic nitrogens is 2. The number of carbonyl (C=O) groups excluding carboxylic acids is 1. The Kier molecular flexibility index (Phi) is 3.53. The van der Waals surface area contributed by atoms with Gasteiger partial charge in [-0.05, 0) is 24.6 Å². The molecule has 1 amide bonds. The van der Waals surface area contributed by atoms with E-state index >= 15 is 0 Å². The molecule has 0 bridgehead atoms. The second-order valence-corrected chi connectivity index (χ2v) is 5.07.